The second-order valence-corrected chi connectivity index (χ2v) is 7.87. The Hall–Kier alpha value is -4.20. The van der Waals surface area contributed by atoms with Gasteiger partial charge in [-0.2, -0.15) is 0 Å². The van der Waals surface area contributed by atoms with E-state index >= 15 is 0 Å². The van der Waals surface area contributed by atoms with Gasteiger partial charge in [-0.3, -0.25) is 20.4 Å². The third kappa shape index (κ3) is 4.10. The van der Waals surface area contributed by atoms with Crippen LogP contribution in [-0.2, 0) is 11.2 Å². The zero-order valence-electron chi connectivity index (χ0n) is 19.7. The number of ether oxygens (including phenoxy) is 3. The summed E-state index contributed by atoms with van der Waals surface area (Å²) in [6.45, 7) is 3.89. The molecule has 1 amide bonds. The molecule has 1 heterocycles. The molecule has 3 aromatic carbocycles. The van der Waals surface area contributed by atoms with E-state index in [1.165, 1.54) is 21.3 Å². The van der Waals surface area contributed by atoms with E-state index in [1.807, 2.05) is 19.9 Å². The van der Waals surface area contributed by atoms with Crippen LogP contribution in [0.25, 0.3) is 21.9 Å². The second-order valence-electron chi connectivity index (χ2n) is 7.87. The van der Waals surface area contributed by atoms with Crippen molar-refractivity contribution < 1.29 is 23.4 Å². The molecule has 176 valence electrons. The number of hydrogen-bond acceptors (Lipinski definition) is 7. The van der Waals surface area contributed by atoms with Crippen LogP contribution in [0.1, 0.15) is 16.7 Å². The smallest absolute Gasteiger partial charge is 0.242 e. The Balaban J connectivity index is 1.61. The van der Waals surface area contributed by atoms with Gasteiger partial charge < -0.3 is 18.6 Å². The number of anilines is 1. The highest BCUT2D eigenvalue weighted by molar-refractivity contribution is 5.94. The molecule has 0 unspecified atom stereocenters. The van der Waals surface area contributed by atoms with Crippen LogP contribution >= 0.6 is 0 Å². The third-order valence-corrected chi connectivity index (χ3v) is 5.83. The first-order chi connectivity index (χ1) is 16.4. The van der Waals surface area contributed by atoms with Crippen LogP contribution in [0.15, 0.2) is 51.7 Å². The lowest BCUT2D eigenvalue weighted by atomic mass is 10.0. The van der Waals surface area contributed by atoms with E-state index in [4.69, 9.17) is 18.6 Å². The molecule has 8 nitrogen and oxygen atoms in total. The molecule has 0 aliphatic rings. The molecule has 0 aliphatic heterocycles. The number of aryl methyl sites for hydroxylation is 2. The van der Waals surface area contributed by atoms with Crippen molar-refractivity contribution in [2.75, 3.05) is 26.8 Å². The van der Waals surface area contributed by atoms with Crippen LogP contribution in [0, 0.1) is 13.8 Å². The first-order valence-corrected chi connectivity index (χ1v) is 10.7. The van der Waals surface area contributed by atoms with Crippen LogP contribution in [0.5, 0.6) is 17.2 Å². The number of carbonyl (C=O) groups excluding carboxylic acids is 1. The van der Waals surface area contributed by atoms with Gasteiger partial charge >= 0.3 is 0 Å². The molecule has 8 heteroatoms. The van der Waals surface area contributed by atoms with Crippen LogP contribution in [0.3, 0.4) is 0 Å². The Kier molecular flexibility index (Phi) is 6.32. The molecule has 0 bridgehead atoms. The molecule has 0 atom stereocenters. The Morgan fingerprint density at radius 2 is 1.59 bits per heavy atom. The first kappa shape index (κ1) is 23.0. The standard InChI is InChI=1S/C26H26N2O6/c1-14-9-10-19-23(30)18-8-6-7-16(25(18)34-24(19)15(14)2)11-22(29)28-27-17-12-20(31-3)26(33-5)21(13-17)32-4/h6-10,12-13,27H,11H2,1-5H3,(H,28,29). The zero-order chi connectivity index (χ0) is 24.4. The molecule has 4 aromatic rings. The molecule has 0 saturated heterocycles. The number of hydrazine groups is 1. The number of carbonyl (C=O) groups is 1. The summed E-state index contributed by atoms with van der Waals surface area (Å²) < 4.78 is 22.2. The fraction of sp³-hybridized carbons (Fsp3) is 0.231. The van der Waals surface area contributed by atoms with E-state index in [0.717, 1.165) is 11.1 Å². The van der Waals surface area contributed by atoms with Crippen molar-refractivity contribution in [3.05, 3.63) is 69.4 Å². The summed E-state index contributed by atoms with van der Waals surface area (Å²) in [6.07, 6.45) is 0.00801. The monoisotopic (exact) mass is 462 g/mol. The normalized spacial score (nSPS) is 10.9. The van der Waals surface area contributed by atoms with E-state index in [-0.39, 0.29) is 17.8 Å². The molecule has 34 heavy (non-hydrogen) atoms. The van der Waals surface area contributed by atoms with E-state index in [0.29, 0.717) is 50.4 Å². The molecule has 0 spiro atoms. The number of hydrogen-bond donors (Lipinski definition) is 2. The van der Waals surface area contributed by atoms with Gasteiger partial charge in [0.05, 0.1) is 44.2 Å². The van der Waals surface area contributed by atoms with E-state index in [2.05, 4.69) is 10.9 Å². The van der Waals surface area contributed by atoms with Gasteiger partial charge in [0.1, 0.15) is 11.2 Å². The lowest BCUT2D eigenvalue weighted by Gasteiger charge is -2.15. The molecule has 0 aliphatic carbocycles. The number of nitrogens with one attached hydrogen (secondary N) is 2. The Labute approximate surface area is 196 Å². The Morgan fingerprint density at radius 1 is 0.912 bits per heavy atom. The second kappa shape index (κ2) is 9.35. The summed E-state index contributed by atoms with van der Waals surface area (Å²) in [7, 11) is 4.55. The molecular weight excluding hydrogens is 436 g/mol. The van der Waals surface area contributed by atoms with Gasteiger partial charge in [0.25, 0.3) is 0 Å². The minimum absolute atomic E-state index is 0.00801. The number of para-hydroxylation sites is 1. The highest BCUT2D eigenvalue weighted by Crippen LogP contribution is 2.39. The summed E-state index contributed by atoms with van der Waals surface area (Å²) in [6, 6.07) is 12.3. The number of fused-ring (bicyclic) bond motifs is 2. The van der Waals surface area contributed by atoms with Crippen molar-refractivity contribution in [1.29, 1.82) is 0 Å². The van der Waals surface area contributed by atoms with Gasteiger partial charge in [0, 0.05) is 17.7 Å². The third-order valence-electron chi connectivity index (χ3n) is 5.83. The molecule has 4 rings (SSSR count). The minimum atomic E-state index is -0.315. The highest BCUT2D eigenvalue weighted by atomic mass is 16.5. The maximum absolute atomic E-state index is 13.1. The van der Waals surface area contributed by atoms with Gasteiger partial charge in [-0.15, -0.1) is 0 Å². The van der Waals surface area contributed by atoms with Crippen molar-refractivity contribution in [2.24, 2.45) is 0 Å². The fourth-order valence-electron chi connectivity index (χ4n) is 3.88. The average molecular weight is 463 g/mol. The lowest BCUT2D eigenvalue weighted by Crippen LogP contribution is -2.30. The van der Waals surface area contributed by atoms with Crippen molar-refractivity contribution in [3.63, 3.8) is 0 Å². The van der Waals surface area contributed by atoms with Gasteiger partial charge in [0.2, 0.25) is 17.1 Å². The zero-order valence-corrected chi connectivity index (χ0v) is 19.7. The number of methoxy groups -OCH3 is 3. The topological polar surface area (TPSA) is 99.0 Å². The van der Waals surface area contributed by atoms with Gasteiger partial charge in [0.15, 0.2) is 11.5 Å². The van der Waals surface area contributed by atoms with E-state index in [1.54, 1.807) is 36.4 Å². The van der Waals surface area contributed by atoms with E-state index in [9.17, 15) is 9.59 Å². The van der Waals surface area contributed by atoms with Crippen molar-refractivity contribution in [3.8, 4) is 17.2 Å². The van der Waals surface area contributed by atoms with Crippen LogP contribution < -0.4 is 30.5 Å². The fourth-order valence-corrected chi connectivity index (χ4v) is 3.88. The molecule has 2 N–H and O–H groups in total. The summed E-state index contributed by atoms with van der Waals surface area (Å²) in [5.41, 5.74) is 9.46. The van der Waals surface area contributed by atoms with E-state index < -0.39 is 0 Å². The Morgan fingerprint density at radius 3 is 2.24 bits per heavy atom. The van der Waals surface area contributed by atoms with Gasteiger partial charge in [-0.25, -0.2) is 0 Å². The van der Waals surface area contributed by atoms with Crippen molar-refractivity contribution in [1.82, 2.24) is 5.43 Å². The van der Waals surface area contributed by atoms with Crippen molar-refractivity contribution in [2.45, 2.75) is 20.3 Å². The van der Waals surface area contributed by atoms with Crippen molar-refractivity contribution >= 4 is 33.5 Å². The van der Waals surface area contributed by atoms with Crippen LogP contribution in [0.2, 0.25) is 0 Å². The summed E-state index contributed by atoms with van der Waals surface area (Å²) in [4.78, 5) is 25.8. The minimum Gasteiger partial charge on any atom is -0.493 e. The number of amides is 1. The SMILES string of the molecule is COc1cc(NNC(=O)Cc2cccc3c(=O)c4ccc(C)c(C)c4oc23)cc(OC)c1OC. The summed E-state index contributed by atoms with van der Waals surface area (Å²) >= 11 is 0. The predicted octanol–water partition coefficient (Wildman–Crippen LogP) is 4.27. The van der Waals surface area contributed by atoms with Crippen LogP contribution in [-0.4, -0.2) is 27.2 Å². The van der Waals surface area contributed by atoms with Gasteiger partial charge in [-0.05, 0) is 37.1 Å². The first-order valence-electron chi connectivity index (χ1n) is 10.7. The highest BCUT2D eigenvalue weighted by Gasteiger charge is 2.16. The molecule has 0 radical (unpaired) electrons. The lowest BCUT2D eigenvalue weighted by molar-refractivity contribution is -0.119. The maximum atomic E-state index is 13.1. The average Bonchev–Trinajstić information content (AvgIpc) is 2.85. The predicted molar refractivity (Wildman–Crippen MR) is 131 cm³/mol. The summed E-state index contributed by atoms with van der Waals surface area (Å²) in [5, 5.41) is 0.972. The molecular formula is C26H26N2O6. The Bertz CT molecular complexity index is 1430. The quantitative estimate of drug-likeness (QED) is 0.312. The maximum Gasteiger partial charge on any atom is 0.242 e. The number of benzene rings is 3. The molecule has 1 aromatic heterocycles. The molecule has 0 saturated carbocycles. The number of rotatable bonds is 7. The van der Waals surface area contributed by atoms with Crippen LogP contribution in [0.4, 0.5) is 5.69 Å². The van der Waals surface area contributed by atoms with Gasteiger partial charge in [-0.1, -0.05) is 18.2 Å². The largest absolute Gasteiger partial charge is 0.493 e. The molecule has 0 fully saturated rings. The summed E-state index contributed by atoms with van der Waals surface area (Å²) in [5.74, 6) is 1.04.